The van der Waals surface area contributed by atoms with Crippen LogP contribution in [0.1, 0.15) is 25.3 Å². The van der Waals surface area contributed by atoms with Crippen LogP contribution < -0.4 is 4.74 Å². The molecule has 0 atom stereocenters. The van der Waals surface area contributed by atoms with Gasteiger partial charge in [-0.3, -0.25) is 0 Å². The summed E-state index contributed by atoms with van der Waals surface area (Å²) in [5.74, 6) is 0.936. The van der Waals surface area contributed by atoms with Gasteiger partial charge in [0.1, 0.15) is 5.75 Å². The Morgan fingerprint density at radius 2 is 1.88 bits per heavy atom. The molecule has 1 aliphatic carbocycles. The molecule has 0 radical (unpaired) electrons. The minimum absolute atomic E-state index is 0.493. The fourth-order valence-electron chi connectivity index (χ4n) is 1.92. The van der Waals surface area contributed by atoms with Crippen LogP contribution in [0.5, 0.6) is 5.75 Å². The van der Waals surface area contributed by atoms with Crippen molar-refractivity contribution in [1.82, 2.24) is 4.90 Å². The molecule has 0 saturated heterocycles. The second-order valence-electron chi connectivity index (χ2n) is 5.02. The molecule has 0 N–H and O–H groups in total. The van der Waals surface area contributed by atoms with Crippen molar-refractivity contribution in [3.8, 4) is 5.75 Å². The number of methoxy groups -OCH3 is 1. The number of hydrogen-bond donors (Lipinski definition) is 0. The van der Waals surface area contributed by atoms with E-state index in [9.17, 15) is 0 Å². The predicted octanol–water partition coefficient (Wildman–Crippen LogP) is 2.72. The molecule has 0 bridgehead atoms. The maximum atomic E-state index is 5.15. The van der Waals surface area contributed by atoms with Gasteiger partial charge >= 0.3 is 0 Å². The van der Waals surface area contributed by atoms with E-state index < -0.39 is 0 Å². The van der Waals surface area contributed by atoms with Crippen LogP contribution in [0.25, 0.3) is 0 Å². The minimum Gasteiger partial charge on any atom is -0.497 e. The monoisotopic (exact) mass is 219 g/mol. The highest BCUT2D eigenvalue weighted by Gasteiger charge is 2.40. The Morgan fingerprint density at radius 1 is 1.25 bits per heavy atom. The van der Waals surface area contributed by atoms with Crippen LogP contribution in [-0.4, -0.2) is 31.1 Å². The molecule has 16 heavy (non-hydrogen) atoms. The van der Waals surface area contributed by atoms with Crippen LogP contribution in [-0.2, 0) is 6.42 Å². The Bertz CT molecular complexity index is 340. The summed E-state index contributed by atoms with van der Waals surface area (Å²) in [7, 11) is 3.94. The summed E-state index contributed by atoms with van der Waals surface area (Å²) < 4.78 is 5.15. The zero-order valence-corrected chi connectivity index (χ0v) is 10.5. The Kier molecular flexibility index (Phi) is 3.20. The van der Waals surface area contributed by atoms with E-state index in [-0.39, 0.29) is 0 Å². The van der Waals surface area contributed by atoms with Crippen LogP contribution in [0.4, 0.5) is 0 Å². The molecule has 0 heterocycles. The Hall–Kier alpha value is -1.02. The van der Waals surface area contributed by atoms with Gasteiger partial charge in [-0.05, 0) is 50.9 Å². The van der Waals surface area contributed by atoms with E-state index >= 15 is 0 Å². The molecule has 1 aromatic carbocycles. The minimum atomic E-state index is 0.493. The molecule has 2 heteroatoms. The highest BCUT2D eigenvalue weighted by Crippen LogP contribution is 2.39. The quantitative estimate of drug-likeness (QED) is 0.755. The first kappa shape index (κ1) is 11.5. The van der Waals surface area contributed by atoms with Gasteiger partial charge in [0.2, 0.25) is 0 Å². The standard InChI is InChI=1S/C14H21NO/c1-14(9-10-14)15(2)11-8-12-4-6-13(16-3)7-5-12/h4-7H,8-11H2,1-3H3. The van der Waals surface area contributed by atoms with Crippen molar-refractivity contribution in [2.24, 2.45) is 0 Å². The van der Waals surface area contributed by atoms with Crippen molar-refractivity contribution >= 4 is 0 Å². The third-order valence-corrected chi connectivity index (χ3v) is 3.79. The first-order valence-corrected chi connectivity index (χ1v) is 5.98. The average molecular weight is 219 g/mol. The second kappa shape index (κ2) is 4.46. The lowest BCUT2D eigenvalue weighted by atomic mass is 10.1. The van der Waals surface area contributed by atoms with E-state index in [1.165, 1.54) is 18.4 Å². The molecule has 1 aliphatic rings. The molecule has 1 saturated carbocycles. The van der Waals surface area contributed by atoms with Crippen molar-refractivity contribution in [3.63, 3.8) is 0 Å². The average Bonchev–Trinajstić information content (AvgIpc) is 3.06. The van der Waals surface area contributed by atoms with Gasteiger partial charge in [0, 0.05) is 12.1 Å². The van der Waals surface area contributed by atoms with E-state index in [0.717, 1.165) is 18.7 Å². The van der Waals surface area contributed by atoms with E-state index in [4.69, 9.17) is 4.74 Å². The summed E-state index contributed by atoms with van der Waals surface area (Å²) in [6.07, 6.45) is 3.83. The van der Waals surface area contributed by atoms with Gasteiger partial charge in [0.15, 0.2) is 0 Å². The molecular weight excluding hydrogens is 198 g/mol. The first-order chi connectivity index (χ1) is 7.64. The van der Waals surface area contributed by atoms with Crippen LogP contribution in [0.15, 0.2) is 24.3 Å². The van der Waals surface area contributed by atoms with Gasteiger partial charge in [0.25, 0.3) is 0 Å². The summed E-state index contributed by atoms with van der Waals surface area (Å²) in [5.41, 5.74) is 1.88. The fourth-order valence-corrected chi connectivity index (χ4v) is 1.92. The fraction of sp³-hybridized carbons (Fsp3) is 0.571. The molecule has 2 rings (SSSR count). The summed E-state index contributed by atoms with van der Waals surface area (Å²) in [6, 6.07) is 8.38. The Labute approximate surface area is 98.2 Å². The highest BCUT2D eigenvalue weighted by molar-refractivity contribution is 5.27. The van der Waals surface area contributed by atoms with Crippen molar-refractivity contribution in [2.75, 3.05) is 20.7 Å². The maximum Gasteiger partial charge on any atom is 0.118 e. The van der Waals surface area contributed by atoms with Crippen LogP contribution >= 0.6 is 0 Å². The summed E-state index contributed by atoms with van der Waals surface area (Å²) >= 11 is 0. The van der Waals surface area contributed by atoms with Gasteiger partial charge in [-0.2, -0.15) is 0 Å². The van der Waals surface area contributed by atoms with Gasteiger partial charge < -0.3 is 9.64 Å². The number of ether oxygens (including phenoxy) is 1. The number of benzene rings is 1. The molecule has 0 spiro atoms. The SMILES string of the molecule is COc1ccc(CCN(C)C2(C)CC2)cc1. The third-order valence-electron chi connectivity index (χ3n) is 3.79. The van der Waals surface area contributed by atoms with Crippen molar-refractivity contribution < 1.29 is 4.74 Å². The normalized spacial score (nSPS) is 17.5. The lowest BCUT2D eigenvalue weighted by molar-refractivity contribution is 0.241. The van der Waals surface area contributed by atoms with Crippen LogP contribution in [0, 0.1) is 0 Å². The van der Waals surface area contributed by atoms with Crippen molar-refractivity contribution in [2.45, 2.75) is 31.7 Å². The van der Waals surface area contributed by atoms with E-state index in [2.05, 4.69) is 31.0 Å². The first-order valence-electron chi connectivity index (χ1n) is 5.98. The molecule has 2 nitrogen and oxygen atoms in total. The number of hydrogen-bond acceptors (Lipinski definition) is 2. The molecule has 1 fully saturated rings. The topological polar surface area (TPSA) is 12.5 Å². The third kappa shape index (κ3) is 2.56. The van der Waals surface area contributed by atoms with Crippen molar-refractivity contribution in [1.29, 1.82) is 0 Å². The van der Waals surface area contributed by atoms with Gasteiger partial charge in [-0.25, -0.2) is 0 Å². The smallest absolute Gasteiger partial charge is 0.118 e. The lowest BCUT2D eigenvalue weighted by Gasteiger charge is -2.24. The molecule has 0 aliphatic heterocycles. The Balaban J connectivity index is 1.84. The summed E-state index contributed by atoms with van der Waals surface area (Å²) in [4.78, 5) is 2.48. The van der Waals surface area contributed by atoms with Gasteiger partial charge in [-0.1, -0.05) is 12.1 Å². The van der Waals surface area contributed by atoms with Crippen LogP contribution in [0.2, 0.25) is 0 Å². The van der Waals surface area contributed by atoms with Crippen molar-refractivity contribution in [3.05, 3.63) is 29.8 Å². The summed E-state index contributed by atoms with van der Waals surface area (Å²) in [5, 5.41) is 0. The van der Waals surface area contributed by atoms with Gasteiger partial charge in [0.05, 0.1) is 7.11 Å². The molecule has 0 amide bonds. The predicted molar refractivity (Wildman–Crippen MR) is 67.0 cm³/mol. The number of likely N-dealkylation sites (N-methyl/N-ethyl adjacent to an activating group) is 1. The zero-order valence-electron chi connectivity index (χ0n) is 10.5. The lowest BCUT2D eigenvalue weighted by Crippen LogP contribution is -2.32. The van der Waals surface area contributed by atoms with E-state index in [0.29, 0.717) is 5.54 Å². The Morgan fingerprint density at radius 3 is 2.38 bits per heavy atom. The van der Waals surface area contributed by atoms with E-state index in [1.54, 1.807) is 7.11 Å². The zero-order chi connectivity index (χ0) is 11.6. The molecule has 1 aromatic rings. The molecule has 88 valence electrons. The summed E-state index contributed by atoms with van der Waals surface area (Å²) in [6.45, 7) is 3.49. The highest BCUT2D eigenvalue weighted by atomic mass is 16.5. The van der Waals surface area contributed by atoms with Crippen LogP contribution in [0.3, 0.4) is 0 Å². The van der Waals surface area contributed by atoms with Gasteiger partial charge in [-0.15, -0.1) is 0 Å². The number of rotatable bonds is 5. The molecule has 0 unspecified atom stereocenters. The molecule has 0 aromatic heterocycles. The molecular formula is C14H21NO. The number of nitrogens with zero attached hydrogens (tertiary/aromatic N) is 1. The second-order valence-corrected chi connectivity index (χ2v) is 5.02. The van der Waals surface area contributed by atoms with E-state index in [1.807, 2.05) is 12.1 Å². The maximum absolute atomic E-state index is 5.15. The largest absolute Gasteiger partial charge is 0.497 e.